The number of hydrogen-bond donors (Lipinski definition) is 1. The third kappa shape index (κ3) is 4.59. The van der Waals surface area contributed by atoms with E-state index in [1.807, 2.05) is 53.7 Å². The first-order valence-corrected chi connectivity index (χ1v) is 11.6. The minimum absolute atomic E-state index is 0.128. The van der Waals surface area contributed by atoms with Crippen LogP contribution >= 0.6 is 0 Å². The van der Waals surface area contributed by atoms with Crippen molar-refractivity contribution in [1.29, 1.82) is 0 Å². The van der Waals surface area contributed by atoms with Crippen molar-refractivity contribution in [2.24, 2.45) is 0 Å². The molecule has 2 aromatic carbocycles. The summed E-state index contributed by atoms with van der Waals surface area (Å²) >= 11 is 0. The van der Waals surface area contributed by atoms with E-state index in [9.17, 15) is 14.4 Å². The molecule has 1 aromatic heterocycles. The molecule has 1 saturated heterocycles. The highest BCUT2D eigenvalue weighted by Crippen LogP contribution is 2.44. The highest BCUT2D eigenvalue weighted by atomic mass is 16.7. The molecule has 0 atom stereocenters. The molecule has 1 N–H and O–H groups in total. The van der Waals surface area contributed by atoms with Crippen molar-refractivity contribution in [3.8, 4) is 5.69 Å². The maximum absolute atomic E-state index is 13.2. The van der Waals surface area contributed by atoms with Crippen LogP contribution in [0, 0.1) is 0 Å². The Labute approximate surface area is 204 Å². The topological polar surface area (TPSA) is 91.6 Å². The second-order valence-corrected chi connectivity index (χ2v) is 9.97. The second-order valence-electron chi connectivity index (χ2n) is 9.97. The third-order valence-corrected chi connectivity index (χ3v) is 6.62. The van der Waals surface area contributed by atoms with Crippen LogP contribution in [0.3, 0.4) is 0 Å². The highest BCUT2D eigenvalue weighted by Gasteiger charge is 2.49. The molecule has 0 radical (unpaired) electrons. The van der Waals surface area contributed by atoms with Crippen molar-refractivity contribution in [2.75, 3.05) is 5.32 Å². The monoisotopic (exact) mass is 477 g/mol. The number of amides is 1. The van der Waals surface area contributed by atoms with Gasteiger partial charge in [-0.2, -0.15) is 0 Å². The Balaban J connectivity index is 1.63. The van der Waals surface area contributed by atoms with Gasteiger partial charge < -0.3 is 14.8 Å². The first kappa shape index (κ1) is 24.6. The second kappa shape index (κ2) is 8.94. The molecule has 35 heavy (non-hydrogen) atoms. The molecule has 0 spiro atoms. The molecule has 0 unspecified atom stereocenters. The fourth-order valence-electron chi connectivity index (χ4n) is 3.80. The number of hydrogen-bond acceptors (Lipinski definition) is 5. The van der Waals surface area contributed by atoms with Crippen LogP contribution in [0.15, 0.2) is 70.4 Å². The van der Waals surface area contributed by atoms with Gasteiger partial charge in [-0.25, -0.2) is 9.36 Å². The number of benzene rings is 2. The number of carbonyl (C=O) groups excluding carboxylic acids is 1. The van der Waals surface area contributed by atoms with Gasteiger partial charge in [0.25, 0.3) is 11.5 Å². The van der Waals surface area contributed by atoms with E-state index < -0.39 is 34.6 Å². The molecule has 0 bridgehead atoms. The summed E-state index contributed by atoms with van der Waals surface area (Å²) in [5, 5.41) is 2.76. The van der Waals surface area contributed by atoms with Crippen molar-refractivity contribution in [3.05, 3.63) is 92.8 Å². The molecule has 0 saturated carbocycles. The molecule has 4 rings (SSSR count). The van der Waals surface area contributed by atoms with Crippen molar-refractivity contribution in [1.82, 2.24) is 9.13 Å². The van der Waals surface area contributed by atoms with Gasteiger partial charge >= 0.3 is 5.69 Å². The molecule has 8 heteroatoms. The van der Waals surface area contributed by atoms with Gasteiger partial charge in [0.1, 0.15) is 5.56 Å². The Hall–Kier alpha value is -3.49. The molecule has 0 aliphatic carbocycles. The van der Waals surface area contributed by atoms with Crippen molar-refractivity contribution >= 4 is 11.6 Å². The molecule has 2 heterocycles. The predicted molar refractivity (Wildman–Crippen MR) is 134 cm³/mol. The van der Waals surface area contributed by atoms with E-state index in [0.29, 0.717) is 11.4 Å². The summed E-state index contributed by atoms with van der Waals surface area (Å²) in [6.45, 7) is 11.6. The summed E-state index contributed by atoms with van der Waals surface area (Å²) in [6, 6.07) is 15.4. The number of para-hydroxylation sites is 1. The molecule has 8 nitrogen and oxygen atoms in total. The number of anilines is 1. The van der Waals surface area contributed by atoms with Gasteiger partial charge in [0, 0.05) is 23.5 Å². The molecular formula is C27H31N3O5. The number of carbonyl (C=O) groups is 1. The van der Waals surface area contributed by atoms with E-state index >= 15 is 0 Å². The van der Waals surface area contributed by atoms with Crippen molar-refractivity contribution in [2.45, 2.75) is 65.1 Å². The van der Waals surface area contributed by atoms with Crippen molar-refractivity contribution in [3.63, 3.8) is 0 Å². The van der Waals surface area contributed by atoms with E-state index in [0.717, 1.165) is 10.1 Å². The zero-order valence-electron chi connectivity index (χ0n) is 20.9. The lowest BCUT2D eigenvalue weighted by molar-refractivity contribution is -0.0895. The smallest absolute Gasteiger partial charge is 0.335 e. The summed E-state index contributed by atoms with van der Waals surface area (Å²) in [7, 11) is 0. The SMILES string of the molecule is CC(C)n1cc(C(=O)Nc2ccc(C3OC(C)(C)C(C)(C)O3)cc2)c(=O)n(-c2ccccc2)c1=O. The van der Waals surface area contributed by atoms with Crippen LogP contribution in [0.1, 0.15) is 69.8 Å². The van der Waals surface area contributed by atoms with Gasteiger partial charge in [0.15, 0.2) is 6.29 Å². The van der Waals surface area contributed by atoms with Crippen LogP contribution in [0.2, 0.25) is 0 Å². The van der Waals surface area contributed by atoms with Crippen LogP contribution in [0.5, 0.6) is 0 Å². The van der Waals surface area contributed by atoms with Gasteiger partial charge in [-0.1, -0.05) is 30.3 Å². The normalized spacial score (nSPS) is 17.0. The van der Waals surface area contributed by atoms with E-state index in [2.05, 4.69) is 5.32 Å². The lowest BCUT2D eigenvalue weighted by atomic mass is 9.90. The molecule has 3 aromatic rings. The van der Waals surface area contributed by atoms with Crippen LogP contribution in [0.25, 0.3) is 5.69 Å². The maximum atomic E-state index is 13.2. The highest BCUT2D eigenvalue weighted by molar-refractivity contribution is 6.03. The fraction of sp³-hybridized carbons (Fsp3) is 0.370. The molecule has 1 fully saturated rings. The first-order chi connectivity index (χ1) is 16.4. The van der Waals surface area contributed by atoms with Gasteiger partial charge in [-0.05, 0) is 65.8 Å². The molecular weight excluding hydrogens is 446 g/mol. The minimum atomic E-state index is -0.676. The summed E-state index contributed by atoms with van der Waals surface area (Å²) in [5.41, 5.74) is -0.491. The number of aromatic nitrogens is 2. The Morgan fingerprint density at radius 1 is 0.914 bits per heavy atom. The Kier molecular flexibility index (Phi) is 6.29. The fourth-order valence-corrected chi connectivity index (χ4v) is 3.80. The Bertz CT molecular complexity index is 1340. The van der Waals surface area contributed by atoms with Crippen LogP contribution in [0.4, 0.5) is 5.69 Å². The summed E-state index contributed by atoms with van der Waals surface area (Å²) in [6.07, 6.45) is 0.806. The summed E-state index contributed by atoms with van der Waals surface area (Å²) in [4.78, 5) is 39.3. The van der Waals surface area contributed by atoms with Gasteiger partial charge in [-0.3, -0.25) is 14.2 Å². The van der Waals surface area contributed by atoms with E-state index in [-0.39, 0.29) is 11.6 Å². The number of ether oxygens (including phenoxy) is 2. The van der Waals surface area contributed by atoms with Gasteiger partial charge in [0.05, 0.1) is 16.9 Å². The quantitative estimate of drug-likeness (QED) is 0.587. The number of nitrogens with one attached hydrogen (secondary N) is 1. The van der Waals surface area contributed by atoms with Crippen LogP contribution in [-0.4, -0.2) is 26.2 Å². The summed E-state index contributed by atoms with van der Waals surface area (Å²) < 4.78 is 14.5. The van der Waals surface area contributed by atoms with E-state index in [4.69, 9.17) is 9.47 Å². The standard InChI is InChI=1S/C27H31N3O5/c1-17(2)29-16-21(23(32)30(25(29)33)20-10-8-7-9-11-20)22(31)28-19-14-12-18(13-15-19)24-34-26(3,4)27(5,6)35-24/h7-17,24H,1-6H3,(H,28,31). The zero-order chi connectivity index (χ0) is 25.5. The molecule has 184 valence electrons. The van der Waals surface area contributed by atoms with Crippen LogP contribution in [-0.2, 0) is 9.47 Å². The lowest BCUT2D eigenvalue weighted by Crippen LogP contribution is -2.42. The van der Waals surface area contributed by atoms with Crippen LogP contribution < -0.4 is 16.6 Å². The third-order valence-electron chi connectivity index (χ3n) is 6.62. The molecule has 1 aliphatic rings. The first-order valence-electron chi connectivity index (χ1n) is 11.6. The van der Waals surface area contributed by atoms with E-state index in [1.165, 1.54) is 10.8 Å². The lowest BCUT2D eigenvalue weighted by Gasteiger charge is -2.30. The average molecular weight is 478 g/mol. The molecule has 1 amide bonds. The predicted octanol–water partition coefficient (Wildman–Crippen LogP) is 4.44. The van der Waals surface area contributed by atoms with Gasteiger partial charge in [-0.15, -0.1) is 0 Å². The van der Waals surface area contributed by atoms with E-state index in [1.54, 1.807) is 42.5 Å². The Morgan fingerprint density at radius 3 is 2.03 bits per heavy atom. The number of nitrogens with zero attached hydrogens (tertiary/aromatic N) is 2. The van der Waals surface area contributed by atoms with Gasteiger partial charge in [0.2, 0.25) is 0 Å². The number of rotatable bonds is 5. The average Bonchev–Trinajstić information content (AvgIpc) is 3.01. The molecule has 1 aliphatic heterocycles. The maximum Gasteiger partial charge on any atom is 0.335 e. The zero-order valence-corrected chi connectivity index (χ0v) is 20.9. The minimum Gasteiger partial charge on any atom is -0.339 e. The summed E-state index contributed by atoms with van der Waals surface area (Å²) in [5.74, 6) is -0.600. The largest absolute Gasteiger partial charge is 0.339 e. The Morgan fingerprint density at radius 2 is 1.49 bits per heavy atom. The van der Waals surface area contributed by atoms with Crippen molar-refractivity contribution < 1.29 is 14.3 Å².